The van der Waals surface area contributed by atoms with Crippen LogP contribution in [-0.4, -0.2) is 48.1 Å². The van der Waals surface area contributed by atoms with E-state index in [2.05, 4.69) is 30.3 Å². The van der Waals surface area contributed by atoms with Gasteiger partial charge in [0.1, 0.15) is 0 Å². The normalized spacial score (nSPS) is 32.2. The van der Waals surface area contributed by atoms with Gasteiger partial charge in [0.05, 0.1) is 5.41 Å². The Kier molecular flexibility index (Phi) is 4.20. The van der Waals surface area contributed by atoms with Crippen LogP contribution < -0.4 is 10.1 Å². The molecule has 1 aromatic rings. The van der Waals surface area contributed by atoms with Crippen LogP contribution in [0.3, 0.4) is 0 Å². The van der Waals surface area contributed by atoms with Crippen molar-refractivity contribution in [2.75, 3.05) is 25.5 Å². The van der Waals surface area contributed by atoms with Crippen LogP contribution in [0, 0.1) is 5.92 Å². The number of benzene rings is 1. The fourth-order valence-corrected chi connectivity index (χ4v) is 6.10. The Morgan fingerprint density at radius 1 is 1.36 bits per heavy atom. The van der Waals surface area contributed by atoms with Gasteiger partial charge in [0.15, 0.2) is 23.4 Å². The predicted octanol–water partition coefficient (Wildman–Crippen LogP) is 3.40. The molecule has 2 N–H and O–H groups in total. The molecule has 28 heavy (non-hydrogen) atoms. The number of phenols is 1. The number of phenolic OH excluding ortho intramolecular Hbond substituents is 1. The summed E-state index contributed by atoms with van der Waals surface area (Å²) in [7, 11) is 2.19. The van der Waals surface area contributed by atoms with Crippen molar-refractivity contribution in [2.24, 2.45) is 5.92 Å². The van der Waals surface area contributed by atoms with Gasteiger partial charge < -0.3 is 20.1 Å². The number of anilines is 1. The molecule has 0 unspecified atom stereocenters. The van der Waals surface area contributed by atoms with Crippen molar-refractivity contribution in [3.05, 3.63) is 29.3 Å². The van der Waals surface area contributed by atoms with Gasteiger partial charge in [-0.1, -0.05) is 32.3 Å². The Balaban J connectivity index is 1.58. The zero-order valence-corrected chi connectivity index (χ0v) is 16.8. The highest BCUT2D eigenvalue weighted by Gasteiger charge is 2.64. The third-order valence-corrected chi connectivity index (χ3v) is 7.48. The maximum Gasteiger partial charge on any atom is 0.196 e. The Labute approximate surface area is 166 Å². The molecule has 2 bridgehead atoms. The Hall–Kier alpha value is -2.01. The minimum Gasteiger partial charge on any atom is -0.504 e. The first-order valence-corrected chi connectivity index (χ1v) is 10.8. The summed E-state index contributed by atoms with van der Waals surface area (Å²) in [5.74, 6) is 1.03. The number of nitrogens with zero attached hydrogens (tertiary/aromatic N) is 1. The Morgan fingerprint density at radius 2 is 2.21 bits per heavy atom. The van der Waals surface area contributed by atoms with Gasteiger partial charge in [-0.05, 0) is 44.5 Å². The molecule has 0 radical (unpaired) electrons. The van der Waals surface area contributed by atoms with Gasteiger partial charge in [-0.25, -0.2) is 0 Å². The van der Waals surface area contributed by atoms with Crippen LogP contribution in [0.5, 0.6) is 11.5 Å². The minimum atomic E-state index is -0.488. The second kappa shape index (κ2) is 6.51. The molecular formula is C23H30N2O3. The summed E-state index contributed by atoms with van der Waals surface area (Å²) in [6.07, 6.45) is 9.98. The maximum absolute atomic E-state index is 12.7. The number of piperidine rings is 1. The molecule has 0 aromatic heterocycles. The maximum atomic E-state index is 12.7. The smallest absolute Gasteiger partial charge is 0.196 e. The number of nitrogens with one attached hydrogen (secondary N) is 1. The molecule has 0 amide bonds. The van der Waals surface area contributed by atoms with E-state index in [0.29, 0.717) is 11.8 Å². The van der Waals surface area contributed by atoms with E-state index in [-0.39, 0.29) is 22.9 Å². The second-order valence-electron chi connectivity index (χ2n) is 8.94. The number of likely N-dealkylation sites (N-methyl/N-ethyl adjacent to an activating group) is 1. The Bertz CT molecular complexity index is 849. The highest BCUT2D eigenvalue weighted by Crippen LogP contribution is 2.63. The van der Waals surface area contributed by atoms with Crippen LogP contribution in [0.15, 0.2) is 18.2 Å². The summed E-state index contributed by atoms with van der Waals surface area (Å²) in [6.45, 7) is 4.08. The molecule has 2 heterocycles. The highest BCUT2D eigenvalue weighted by molar-refractivity contribution is 5.98. The zero-order chi connectivity index (χ0) is 19.5. The van der Waals surface area contributed by atoms with Gasteiger partial charge >= 0.3 is 0 Å². The molecular weight excluding hydrogens is 352 g/mol. The summed E-state index contributed by atoms with van der Waals surface area (Å²) in [6, 6.07) is 2.18. The number of likely N-dealkylation sites (tertiary alicyclic amines) is 1. The Morgan fingerprint density at radius 3 is 3.04 bits per heavy atom. The van der Waals surface area contributed by atoms with Gasteiger partial charge in [-0.15, -0.1) is 0 Å². The van der Waals surface area contributed by atoms with Gasteiger partial charge in [-0.3, -0.25) is 4.79 Å². The van der Waals surface area contributed by atoms with Crippen LogP contribution >= 0.6 is 0 Å². The number of carbonyl (C=O) groups excluding carboxylic acids is 1. The van der Waals surface area contributed by atoms with E-state index in [1.54, 1.807) is 6.08 Å². The molecule has 1 aromatic carbocycles. The topological polar surface area (TPSA) is 61.8 Å². The number of ketones is 1. The van der Waals surface area contributed by atoms with E-state index in [0.717, 1.165) is 43.6 Å². The van der Waals surface area contributed by atoms with Gasteiger partial charge in [0.2, 0.25) is 0 Å². The first-order chi connectivity index (χ1) is 13.6. The lowest BCUT2D eigenvalue weighted by atomic mass is 9.53. The van der Waals surface area contributed by atoms with Crippen molar-refractivity contribution >= 4 is 11.5 Å². The van der Waals surface area contributed by atoms with E-state index in [1.807, 2.05) is 6.07 Å². The van der Waals surface area contributed by atoms with Crippen LogP contribution in [0.2, 0.25) is 0 Å². The molecule has 5 rings (SSSR count). The average molecular weight is 383 g/mol. The number of ether oxygens (including phenoxy) is 1. The summed E-state index contributed by atoms with van der Waals surface area (Å²) >= 11 is 0. The molecule has 2 aliphatic heterocycles. The molecule has 4 atom stereocenters. The summed E-state index contributed by atoms with van der Waals surface area (Å²) in [5.41, 5.74) is 3.07. The highest BCUT2D eigenvalue weighted by atomic mass is 16.5. The van der Waals surface area contributed by atoms with Gasteiger partial charge in [-0.2, -0.15) is 0 Å². The molecule has 1 fully saturated rings. The molecule has 0 saturated carbocycles. The molecule has 1 spiro atoms. The lowest BCUT2D eigenvalue weighted by Crippen LogP contribution is -2.64. The molecule has 1 saturated heterocycles. The van der Waals surface area contributed by atoms with Crippen molar-refractivity contribution in [2.45, 2.75) is 63.0 Å². The minimum absolute atomic E-state index is 0.0390. The fraction of sp³-hybridized carbons (Fsp3) is 0.609. The second-order valence-corrected chi connectivity index (χ2v) is 8.94. The SMILES string of the molecule is CCCCCCNc1cc(O)c2c3c1C[C@@H]1[C@@H]4C=CC(=O)[C@H](O2)[C@]34CCN1C. The lowest BCUT2D eigenvalue weighted by Gasteiger charge is -2.55. The summed E-state index contributed by atoms with van der Waals surface area (Å²) < 4.78 is 6.17. The van der Waals surface area contributed by atoms with Crippen molar-refractivity contribution in [1.29, 1.82) is 0 Å². The molecule has 150 valence electrons. The standard InChI is InChI=1S/C23H30N2O3/c1-3-4-5-6-10-24-16-13-19(27)21-20-14(16)12-17-15-7-8-18(26)22(28-21)23(15,20)9-11-25(17)2/h7-8,13,15,17,22,24,27H,3-6,9-12H2,1-2H3/t15-,17+,22-,23-/m0/s1. The first-order valence-electron chi connectivity index (χ1n) is 10.8. The van der Waals surface area contributed by atoms with Crippen LogP contribution in [0.4, 0.5) is 5.69 Å². The third kappa shape index (κ3) is 2.32. The molecule has 5 nitrogen and oxygen atoms in total. The molecule has 2 aliphatic carbocycles. The zero-order valence-electron chi connectivity index (χ0n) is 16.8. The van der Waals surface area contributed by atoms with E-state index in [9.17, 15) is 9.90 Å². The van der Waals surface area contributed by atoms with Gasteiger partial charge in [0, 0.05) is 35.8 Å². The lowest BCUT2D eigenvalue weighted by molar-refractivity contribution is -0.127. The monoisotopic (exact) mass is 382 g/mol. The largest absolute Gasteiger partial charge is 0.504 e. The molecule has 5 heteroatoms. The van der Waals surface area contributed by atoms with E-state index in [4.69, 9.17) is 4.74 Å². The number of unbranched alkanes of at least 4 members (excludes halogenated alkanes) is 3. The van der Waals surface area contributed by atoms with Crippen molar-refractivity contribution < 1.29 is 14.6 Å². The first kappa shape index (κ1) is 18.0. The van der Waals surface area contributed by atoms with E-state index >= 15 is 0 Å². The predicted molar refractivity (Wildman–Crippen MR) is 109 cm³/mol. The quantitative estimate of drug-likeness (QED) is 0.739. The summed E-state index contributed by atoms with van der Waals surface area (Å²) in [4.78, 5) is 15.2. The number of rotatable bonds is 6. The van der Waals surface area contributed by atoms with E-state index in [1.165, 1.54) is 24.8 Å². The number of carbonyl (C=O) groups is 1. The van der Waals surface area contributed by atoms with Gasteiger partial charge in [0.25, 0.3) is 0 Å². The van der Waals surface area contributed by atoms with Crippen LogP contribution in [-0.2, 0) is 16.6 Å². The third-order valence-electron chi connectivity index (χ3n) is 7.48. The number of hydrogen-bond acceptors (Lipinski definition) is 5. The van der Waals surface area contributed by atoms with Crippen LogP contribution in [0.1, 0.15) is 50.2 Å². The number of hydrogen-bond donors (Lipinski definition) is 2. The van der Waals surface area contributed by atoms with Crippen molar-refractivity contribution in [3.8, 4) is 11.5 Å². The molecule has 4 aliphatic rings. The average Bonchev–Trinajstić information content (AvgIpc) is 3.03. The summed E-state index contributed by atoms with van der Waals surface area (Å²) in [5, 5.41) is 14.3. The van der Waals surface area contributed by atoms with Crippen molar-refractivity contribution in [1.82, 2.24) is 4.90 Å². The van der Waals surface area contributed by atoms with Crippen LogP contribution in [0.25, 0.3) is 0 Å². The van der Waals surface area contributed by atoms with E-state index < -0.39 is 6.10 Å². The fourth-order valence-electron chi connectivity index (χ4n) is 6.10. The van der Waals surface area contributed by atoms with Crippen molar-refractivity contribution in [3.63, 3.8) is 0 Å². The number of aromatic hydroxyl groups is 1.